The van der Waals surface area contributed by atoms with Gasteiger partial charge in [-0.05, 0) is 54.1 Å². The molecule has 10 heteroatoms. The number of amides is 2. The Morgan fingerprint density at radius 1 is 0.821 bits per heavy atom. The molecule has 0 saturated carbocycles. The Bertz CT molecular complexity index is 1600. The van der Waals surface area contributed by atoms with Crippen LogP contribution in [0.4, 0.5) is 11.4 Å². The summed E-state index contributed by atoms with van der Waals surface area (Å²) >= 11 is 1.31. The van der Waals surface area contributed by atoms with Crippen molar-refractivity contribution in [3.05, 3.63) is 121 Å². The molecular weight excluding hydrogens is 532 g/mol. The second-order valence-corrected chi connectivity index (χ2v) is 11.5. The summed E-state index contributed by atoms with van der Waals surface area (Å²) in [4.78, 5) is 26.9. The van der Waals surface area contributed by atoms with Crippen LogP contribution in [0, 0.1) is 0 Å². The Labute approximate surface area is 230 Å². The Hall–Kier alpha value is -4.41. The predicted molar refractivity (Wildman–Crippen MR) is 153 cm³/mol. The number of amidine groups is 1. The molecule has 1 atom stereocenters. The van der Waals surface area contributed by atoms with E-state index in [1.165, 1.54) is 28.9 Å². The lowest BCUT2D eigenvalue weighted by Gasteiger charge is -2.17. The molecule has 0 aliphatic carbocycles. The van der Waals surface area contributed by atoms with Crippen LogP contribution in [0.3, 0.4) is 0 Å². The number of anilines is 2. The van der Waals surface area contributed by atoms with Crippen molar-refractivity contribution in [3.63, 3.8) is 0 Å². The largest absolute Gasteiger partial charge is 0.311 e. The van der Waals surface area contributed by atoms with E-state index in [9.17, 15) is 18.0 Å². The molecule has 2 amide bonds. The van der Waals surface area contributed by atoms with E-state index in [2.05, 4.69) is 15.1 Å². The summed E-state index contributed by atoms with van der Waals surface area (Å²) in [5.74, 6) is -0.267. The Morgan fingerprint density at radius 2 is 1.41 bits per heavy atom. The molecule has 39 heavy (non-hydrogen) atoms. The number of carbonyl (C=O) groups is 2. The van der Waals surface area contributed by atoms with Crippen molar-refractivity contribution < 1.29 is 18.0 Å². The lowest BCUT2D eigenvalue weighted by molar-refractivity contribution is -0.119. The number of carbonyl (C=O) groups excluding carboxylic acids is 2. The fourth-order valence-corrected chi connectivity index (χ4v) is 6.03. The van der Waals surface area contributed by atoms with Crippen molar-refractivity contribution in [1.82, 2.24) is 5.32 Å². The number of hydrogen-bond acceptors (Lipinski definition) is 6. The third-order valence-electron chi connectivity index (χ3n) is 5.80. The van der Waals surface area contributed by atoms with Gasteiger partial charge in [-0.15, -0.1) is 11.8 Å². The summed E-state index contributed by atoms with van der Waals surface area (Å²) < 4.78 is 27.8. The van der Waals surface area contributed by atoms with E-state index in [0.717, 1.165) is 10.5 Å². The van der Waals surface area contributed by atoms with E-state index in [1.807, 2.05) is 48.5 Å². The van der Waals surface area contributed by atoms with Gasteiger partial charge in [0.05, 0.1) is 17.0 Å². The van der Waals surface area contributed by atoms with Crippen molar-refractivity contribution >= 4 is 50.8 Å². The van der Waals surface area contributed by atoms with Crippen LogP contribution in [0.5, 0.6) is 0 Å². The van der Waals surface area contributed by atoms with Crippen LogP contribution >= 0.6 is 11.8 Å². The smallest absolute Gasteiger partial charge is 0.261 e. The number of nitrogens with one attached hydrogen (secondary N) is 2. The number of sulfonamides is 1. The van der Waals surface area contributed by atoms with E-state index >= 15 is 0 Å². The first kappa shape index (κ1) is 26.2. The summed E-state index contributed by atoms with van der Waals surface area (Å²) in [6, 6.07) is 33.3. The third-order valence-corrected chi connectivity index (χ3v) is 8.46. The van der Waals surface area contributed by atoms with E-state index in [0.29, 0.717) is 11.4 Å². The molecule has 1 unspecified atom stereocenters. The molecule has 0 saturated heterocycles. The van der Waals surface area contributed by atoms with Gasteiger partial charge in [-0.25, -0.2) is 8.42 Å². The van der Waals surface area contributed by atoms with Gasteiger partial charge < -0.3 is 5.32 Å². The number of para-hydroxylation sites is 1. The standard InChI is InChI=1S/C29H24N4O4S2/c34-27-20-26(31-33(27)23-12-6-2-7-13-23)30-29(35)28(21-10-4-1-5-11-21)38-24-18-16-22(17-19-24)32-39(36,37)25-14-8-3-9-15-25/h1-19,28,32H,20H2,(H,30,31,35). The molecule has 0 spiro atoms. The molecule has 0 bridgehead atoms. The summed E-state index contributed by atoms with van der Waals surface area (Å²) in [5.41, 5.74) is 1.81. The lowest BCUT2D eigenvalue weighted by Crippen LogP contribution is -2.33. The van der Waals surface area contributed by atoms with Crippen LogP contribution in [0.15, 0.2) is 130 Å². The minimum Gasteiger partial charge on any atom is -0.311 e. The molecule has 5 rings (SSSR count). The Kier molecular flexibility index (Phi) is 7.76. The quantitative estimate of drug-likeness (QED) is 0.291. The molecule has 8 nitrogen and oxygen atoms in total. The zero-order valence-electron chi connectivity index (χ0n) is 20.6. The van der Waals surface area contributed by atoms with E-state index in [-0.39, 0.29) is 29.0 Å². The van der Waals surface area contributed by atoms with Crippen molar-refractivity contribution in [2.24, 2.45) is 5.10 Å². The zero-order chi connectivity index (χ0) is 27.2. The highest BCUT2D eigenvalue weighted by molar-refractivity contribution is 8.00. The fraction of sp³-hybridized carbons (Fsp3) is 0.0690. The van der Waals surface area contributed by atoms with Crippen molar-refractivity contribution in [2.45, 2.75) is 21.5 Å². The average molecular weight is 557 g/mol. The van der Waals surface area contributed by atoms with Crippen LogP contribution in [-0.2, 0) is 19.6 Å². The zero-order valence-corrected chi connectivity index (χ0v) is 22.2. The molecule has 0 fully saturated rings. The van der Waals surface area contributed by atoms with E-state index in [4.69, 9.17) is 0 Å². The van der Waals surface area contributed by atoms with Gasteiger partial charge in [0.25, 0.3) is 15.9 Å². The van der Waals surface area contributed by atoms with Crippen LogP contribution in [0.1, 0.15) is 17.2 Å². The minimum atomic E-state index is -3.71. The topological polar surface area (TPSA) is 108 Å². The molecule has 0 aromatic heterocycles. The normalized spacial score (nSPS) is 14.0. The predicted octanol–water partition coefficient (Wildman–Crippen LogP) is 5.19. The van der Waals surface area contributed by atoms with Gasteiger partial charge in [-0.3, -0.25) is 14.3 Å². The molecule has 1 heterocycles. The minimum absolute atomic E-state index is 0.0108. The SMILES string of the molecule is O=C(NC1=NN(c2ccccc2)C(=O)C1)C(Sc1ccc(NS(=O)(=O)c2ccccc2)cc1)c1ccccc1. The summed E-state index contributed by atoms with van der Waals surface area (Å²) in [5, 5.41) is 7.80. The third kappa shape index (κ3) is 6.36. The van der Waals surface area contributed by atoms with Crippen molar-refractivity contribution in [1.29, 1.82) is 0 Å². The van der Waals surface area contributed by atoms with Gasteiger partial charge in [-0.1, -0.05) is 66.7 Å². The van der Waals surface area contributed by atoms with Crippen LogP contribution < -0.4 is 15.0 Å². The molecule has 1 aliphatic rings. The molecule has 196 valence electrons. The summed E-state index contributed by atoms with van der Waals surface area (Å²) in [7, 11) is -3.71. The second kappa shape index (κ2) is 11.5. The number of hydrogen-bond donors (Lipinski definition) is 2. The molecule has 0 radical (unpaired) electrons. The van der Waals surface area contributed by atoms with Crippen molar-refractivity contribution in [2.75, 3.05) is 9.73 Å². The van der Waals surface area contributed by atoms with Gasteiger partial charge in [0, 0.05) is 10.6 Å². The lowest BCUT2D eigenvalue weighted by atomic mass is 10.1. The number of hydrazone groups is 1. The summed E-state index contributed by atoms with van der Waals surface area (Å²) in [6.45, 7) is 0. The van der Waals surface area contributed by atoms with Gasteiger partial charge in [0.15, 0.2) is 0 Å². The highest BCUT2D eigenvalue weighted by Gasteiger charge is 2.29. The molecular formula is C29H24N4O4S2. The summed E-state index contributed by atoms with van der Waals surface area (Å²) in [6.07, 6.45) is -0.0108. The number of rotatable bonds is 8. The van der Waals surface area contributed by atoms with Gasteiger partial charge in [0.2, 0.25) is 5.91 Å². The number of nitrogens with zero attached hydrogens (tertiary/aromatic N) is 2. The maximum absolute atomic E-state index is 13.4. The second-order valence-electron chi connectivity index (χ2n) is 8.61. The van der Waals surface area contributed by atoms with Crippen molar-refractivity contribution in [3.8, 4) is 0 Å². The average Bonchev–Trinajstić information content (AvgIpc) is 3.33. The van der Waals surface area contributed by atoms with Crippen LogP contribution in [-0.4, -0.2) is 26.1 Å². The first-order chi connectivity index (χ1) is 18.9. The van der Waals surface area contributed by atoms with E-state index < -0.39 is 15.3 Å². The number of benzene rings is 4. The Balaban J connectivity index is 1.31. The maximum Gasteiger partial charge on any atom is 0.261 e. The van der Waals surface area contributed by atoms with Crippen LogP contribution in [0.25, 0.3) is 0 Å². The number of thioether (sulfide) groups is 1. The fourth-order valence-electron chi connectivity index (χ4n) is 3.93. The molecule has 4 aromatic carbocycles. The first-order valence-electron chi connectivity index (χ1n) is 12.0. The molecule has 4 aromatic rings. The first-order valence-corrected chi connectivity index (χ1v) is 14.4. The highest BCUT2D eigenvalue weighted by Crippen LogP contribution is 2.36. The molecule has 2 N–H and O–H groups in total. The highest BCUT2D eigenvalue weighted by atomic mass is 32.2. The Morgan fingerprint density at radius 3 is 2.05 bits per heavy atom. The van der Waals surface area contributed by atoms with Gasteiger partial charge in [-0.2, -0.15) is 10.1 Å². The van der Waals surface area contributed by atoms with Gasteiger partial charge in [0.1, 0.15) is 11.1 Å². The maximum atomic E-state index is 13.4. The monoisotopic (exact) mass is 556 g/mol. The van der Waals surface area contributed by atoms with Gasteiger partial charge >= 0.3 is 0 Å². The van der Waals surface area contributed by atoms with Crippen LogP contribution in [0.2, 0.25) is 0 Å². The molecule has 1 aliphatic heterocycles. The van der Waals surface area contributed by atoms with E-state index in [1.54, 1.807) is 54.6 Å².